The lowest BCUT2D eigenvalue weighted by Crippen LogP contribution is -2.40. The van der Waals surface area contributed by atoms with E-state index < -0.39 is 42.4 Å². The summed E-state index contributed by atoms with van der Waals surface area (Å²) >= 11 is 2.08. The highest BCUT2D eigenvalue weighted by Gasteiger charge is 2.51. The van der Waals surface area contributed by atoms with Crippen LogP contribution in [0, 0.1) is 3.83 Å². The Kier molecular flexibility index (Phi) is 6.76. The Morgan fingerprint density at radius 3 is 2.35 bits per heavy atom. The van der Waals surface area contributed by atoms with Gasteiger partial charge in [-0.15, -0.1) is 10.2 Å². The standard InChI is InChI=1S/C23H21IN6O7/c1-11(31)34-9-15-17(35-12(2)32)18(36-13(3)33)22(37-15)29-10-25-16-20(29)26-23(24)30-19(27-28-21(16)30)14-7-5-4-6-8-14/h4-8,10,15,17-18,22H,9H2,1-3H3/t15-,17-,18-,22-/m1/s1. The summed E-state index contributed by atoms with van der Waals surface area (Å²) in [4.78, 5) is 44.5. The fourth-order valence-electron chi connectivity index (χ4n) is 4.25. The van der Waals surface area contributed by atoms with E-state index in [1.54, 1.807) is 8.97 Å². The molecule has 4 heterocycles. The molecule has 4 atom stereocenters. The van der Waals surface area contributed by atoms with E-state index in [9.17, 15) is 14.4 Å². The van der Waals surface area contributed by atoms with Crippen LogP contribution in [-0.4, -0.2) is 72.0 Å². The summed E-state index contributed by atoms with van der Waals surface area (Å²) in [5, 5.41) is 8.70. The zero-order chi connectivity index (χ0) is 26.3. The van der Waals surface area contributed by atoms with Crippen LogP contribution in [0.3, 0.4) is 0 Å². The first-order valence-electron chi connectivity index (χ1n) is 11.2. The number of hydrogen-bond donors (Lipinski definition) is 0. The molecule has 3 aromatic heterocycles. The molecule has 0 radical (unpaired) electrons. The van der Waals surface area contributed by atoms with Crippen LogP contribution in [0.4, 0.5) is 0 Å². The Hall–Kier alpha value is -3.66. The first-order valence-corrected chi connectivity index (χ1v) is 12.3. The third kappa shape index (κ3) is 4.73. The van der Waals surface area contributed by atoms with Crippen LogP contribution in [0.5, 0.6) is 0 Å². The van der Waals surface area contributed by atoms with Crippen molar-refractivity contribution in [3.05, 3.63) is 40.5 Å². The number of imidazole rings is 1. The molecule has 0 bridgehead atoms. The van der Waals surface area contributed by atoms with Crippen molar-refractivity contribution in [2.45, 2.75) is 45.3 Å². The van der Waals surface area contributed by atoms with Gasteiger partial charge in [0.1, 0.15) is 12.7 Å². The first kappa shape index (κ1) is 25.0. The van der Waals surface area contributed by atoms with Gasteiger partial charge in [-0.3, -0.25) is 23.4 Å². The van der Waals surface area contributed by atoms with Crippen LogP contribution in [0.25, 0.3) is 28.2 Å². The molecule has 0 unspecified atom stereocenters. The van der Waals surface area contributed by atoms with E-state index in [-0.39, 0.29) is 6.61 Å². The van der Waals surface area contributed by atoms with Gasteiger partial charge in [0.05, 0.1) is 6.33 Å². The maximum Gasteiger partial charge on any atom is 0.303 e. The highest BCUT2D eigenvalue weighted by atomic mass is 127. The van der Waals surface area contributed by atoms with E-state index in [1.165, 1.54) is 27.1 Å². The van der Waals surface area contributed by atoms with Gasteiger partial charge < -0.3 is 18.9 Å². The van der Waals surface area contributed by atoms with Gasteiger partial charge in [-0.05, 0) is 0 Å². The lowest BCUT2D eigenvalue weighted by Gasteiger charge is -2.23. The van der Waals surface area contributed by atoms with E-state index in [1.807, 2.05) is 30.3 Å². The SMILES string of the molecule is CC(=O)OC[C@H]1O[C@@H](n2cnc3c2nc(I)n2c(-c4ccccc4)nnc32)[C@H](OC(C)=O)[C@@H]1OC(C)=O. The number of benzene rings is 1. The minimum atomic E-state index is -1.06. The van der Waals surface area contributed by atoms with Crippen molar-refractivity contribution in [2.24, 2.45) is 0 Å². The molecule has 0 N–H and O–H groups in total. The summed E-state index contributed by atoms with van der Waals surface area (Å²) in [7, 11) is 0. The maximum absolute atomic E-state index is 12.0. The quantitative estimate of drug-likeness (QED) is 0.135. The third-order valence-corrected chi connectivity index (χ3v) is 6.40. The highest BCUT2D eigenvalue weighted by molar-refractivity contribution is 14.1. The summed E-state index contributed by atoms with van der Waals surface area (Å²) < 4.78 is 26.1. The Bertz CT molecular complexity index is 1500. The van der Waals surface area contributed by atoms with Gasteiger partial charge in [0.25, 0.3) is 0 Å². The van der Waals surface area contributed by atoms with E-state index in [0.717, 1.165) is 5.56 Å². The van der Waals surface area contributed by atoms with Gasteiger partial charge in [-0.25, -0.2) is 9.97 Å². The third-order valence-electron chi connectivity index (χ3n) is 5.67. The number of esters is 3. The average Bonchev–Trinajstić information content (AvgIpc) is 3.54. The van der Waals surface area contributed by atoms with Crippen LogP contribution >= 0.6 is 22.6 Å². The Labute approximate surface area is 223 Å². The fraction of sp³-hybridized carbons (Fsp3) is 0.348. The molecule has 1 fully saturated rings. The average molecular weight is 620 g/mol. The molecule has 1 saturated heterocycles. The lowest BCUT2D eigenvalue weighted by atomic mass is 10.1. The number of ether oxygens (including phenoxy) is 4. The summed E-state index contributed by atoms with van der Waals surface area (Å²) in [5.41, 5.74) is 2.16. The molecule has 13 nitrogen and oxygen atoms in total. The van der Waals surface area contributed by atoms with Crippen molar-refractivity contribution in [2.75, 3.05) is 6.61 Å². The summed E-state index contributed by atoms with van der Waals surface area (Å²) in [6.07, 6.45) is -2.51. The molecule has 14 heteroatoms. The molecule has 0 spiro atoms. The van der Waals surface area contributed by atoms with Gasteiger partial charge in [0, 0.05) is 48.9 Å². The van der Waals surface area contributed by atoms with Crippen molar-refractivity contribution in [3.8, 4) is 11.4 Å². The molecule has 0 amide bonds. The second-order valence-electron chi connectivity index (χ2n) is 8.27. The van der Waals surface area contributed by atoms with Gasteiger partial charge in [0.2, 0.25) is 0 Å². The van der Waals surface area contributed by atoms with Crippen LogP contribution in [0.2, 0.25) is 0 Å². The second kappa shape index (κ2) is 10.0. The molecule has 0 aliphatic carbocycles. The number of aromatic nitrogens is 6. The number of hydrogen-bond acceptors (Lipinski definition) is 11. The van der Waals surface area contributed by atoms with Gasteiger partial charge >= 0.3 is 17.9 Å². The fourth-order valence-corrected chi connectivity index (χ4v) is 4.94. The molecule has 1 aliphatic heterocycles. The summed E-state index contributed by atoms with van der Waals surface area (Å²) in [5.74, 6) is -1.15. The second-order valence-corrected chi connectivity index (χ2v) is 9.23. The predicted octanol–water partition coefficient (Wildman–Crippen LogP) is 2.07. The zero-order valence-corrected chi connectivity index (χ0v) is 22.1. The van der Waals surface area contributed by atoms with Crippen molar-refractivity contribution < 1.29 is 33.3 Å². The van der Waals surface area contributed by atoms with Crippen LogP contribution in [-0.2, 0) is 33.3 Å². The van der Waals surface area contributed by atoms with E-state index in [4.69, 9.17) is 23.9 Å². The van der Waals surface area contributed by atoms with Gasteiger partial charge in [-0.2, -0.15) is 0 Å². The van der Waals surface area contributed by atoms with Crippen LogP contribution in [0.1, 0.15) is 27.0 Å². The monoisotopic (exact) mass is 620 g/mol. The molecule has 0 saturated carbocycles. The number of halogens is 1. The largest absolute Gasteiger partial charge is 0.463 e. The maximum atomic E-state index is 12.0. The number of carbonyl (C=O) groups excluding carboxylic acids is 3. The van der Waals surface area contributed by atoms with E-state index >= 15 is 0 Å². The zero-order valence-electron chi connectivity index (χ0n) is 19.9. The summed E-state index contributed by atoms with van der Waals surface area (Å²) in [6, 6.07) is 9.56. The number of carbonyl (C=O) groups is 3. The van der Waals surface area contributed by atoms with Crippen LogP contribution < -0.4 is 0 Å². The Balaban J connectivity index is 1.60. The van der Waals surface area contributed by atoms with E-state index in [2.05, 4.69) is 37.8 Å². The van der Waals surface area contributed by atoms with E-state index in [0.29, 0.717) is 26.5 Å². The highest BCUT2D eigenvalue weighted by Crippen LogP contribution is 2.36. The Morgan fingerprint density at radius 1 is 0.973 bits per heavy atom. The minimum absolute atomic E-state index is 0.214. The minimum Gasteiger partial charge on any atom is -0.463 e. The molecule has 1 aliphatic rings. The van der Waals surface area contributed by atoms with Crippen molar-refractivity contribution >= 4 is 57.3 Å². The Morgan fingerprint density at radius 2 is 1.68 bits per heavy atom. The molecule has 37 heavy (non-hydrogen) atoms. The first-order chi connectivity index (χ1) is 17.7. The molecule has 1 aromatic carbocycles. The molecule has 4 aromatic rings. The lowest BCUT2D eigenvalue weighted by molar-refractivity contribution is -0.166. The van der Waals surface area contributed by atoms with Gasteiger partial charge in [-0.1, -0.05) is 30.3 Å². The normalized spacial score (nSPS) is 21.3. The summed E-state index contributed by atoms with van der Waals surface area (Å²) in [6.45, 7) is 3.50. The molecular formula is C23H21IN6O7. The molecule has 192 valence electrons. The predicted molar refractivity (Wildman–Crippen MR) is 134 cm³/mol. The number of fused-ring (bicyclic) bond motifs is 3. The van der Waals surface area contributed by atoms with Crippen molar-refractivity contribution in [1.82, 2.24) is 29.1 Å². The number of rotatable bonds is 6. The van der Waals surface area contributed by atoms with Crippen molar-refractivity contribution in [1.29, 1.82) is 0 Å². The van der Waals surface area contributed by atoms with Crippen molar-refractivity contribution in [3.63, 3.8) is 0 Å². The molecular weight excluding hydrogens is 599 g/mol. The van der Waals surface area contributed by atoms with Gasteiger partial charge in [0.15, 0.2) is 44.9 Å². The molecule has 5 rings (SSSR count). The van der Waals surface area contributed by atoms with Crippen LogP contribution in [0.15, 0.2) is 36.7 Å². The number of nitrogens with zero attached hydrogens (tertiary/aromatic N) is 6. The topological polar surface area (TPSA) is 149 Å². The smallest absolute Gasteiger partial charge is 0.303 e.